The summed E-state index contributed by atoms with van der Waals surface area (Å²) in [6.45, 7) is 17.3. The lowest BCUT2D eigenvalue weighted by Crippen LogP contribution is -2.48. The fraction of sp³-hybridized carbons (Fsp3) is 0.667. The smallest absolute Gasteiger partial charge is 0.497 e. The van der Waals surface area contributed by atoms with Gasteiger partial charge in [0.25, 0.3) is 0 Å². The number of rotatable bonds is 8. The van der Waals surface area contributed by atoms with Crippen molar-refractivity contribution in [2.75, 3.05) is 12.5 Å². The molecule has 0 spiro atoms. The molecule has 8 nitrogen and oxygen atoms in total. The molecule has 0 bridgehead atoms. The first-order chi connectivity index (χ1) is 15.1. The fourth-order valence-electron chi connectivity index (χ4n) is 3.36. The van der Waals surface area contributed by atoms with Crippen molar-refractivity contribution in [3.8, 4) is 5.75 Å². The third kappa shape index (κ3) is 6.63. The number of anilines is 1. The van der Waals surface area contributed by atoms with Gasteiger partial charge in [-0.2, -0.15) is 0 Å². The molecule has 0 saturated carbocycles. The third-order valence-electron chi connectivity index (χ3n) is 5.78. The van der Waals surface area contributed by atoms with Crippen molar-refractivity contribution < 1.29 is 28.4 Å². The molecule has 9 heteroatoms. The first-order valence-electron chi connectivity index (χ1n) is 11.4. The number of methoxy groups -OCH3 is 1. The molecule has 1 aliphatic heterocycles. The summed E-state index contributed by atoms with van der Waals surface area (Å²) in [5.74, 6) is 0.737. The lowest BCUT2D eigenvalue weighted by Gasteiger charge is -2.32. The molecule has 1 N–H and O–H groups in total. The van der Waals surface area contributed by atoms with Crippen molar-refractivity contribution in [1.29, 1.82) is 0 Å². The van der Waals surface area contributed by atoms with Gasteiger partial charge in [-0.25, -0.2) is 9.80 Å². The molecule has 1 aromatic carbocycles. The van der Waals surface area contributed by atoms with Crippen LogP contribution in [0.4, 0.5) is 10.5 Å². The van der Waals surface area contributed by atoms with Gasteiger partial charge in [0.1, 0.15) is 23.7 Å². The van der Waals surface area contributed by atoms with Crippen molar-refractivity contribution in [3.63, 3.8) is 0 Å². The van der Waals surface area contributed by atoms with E-state index in [1.165, 1.54) is 5.01 Å². The van der Waals surface area contributed by atoms with Crippen molar-refractivity contribution in [2.45, 2.75) is 91.6 Å². The third-order valence-corrected chi connectivity index (χ3v) is 5.78. The Labute approximate surface area is 198 Å². The van der Waals surface area contributed by atoms with E-state index in [1.807, 2.05) is 47.6 Å². The van der Waals surface area contributed by atoms with E-state index < -0.39 is 36.1 Å². The second-order valence-electron chi connectivity index (χ2n) is 10.8. The van der Waals surface area contributed by atoms with E-state index in [-0.39, 0.29) is 5.92 Å². The molecule has 0 unspecified atom stereocenters. The van der Waals surface area contributed by atoms with Crippen LogP contribution in [0.15, 0.2) is 18.2 Å². The Morgan fingerprint density at radius 2 is 1.76 bits per heavy atom. The van der Waals surface area contributed by atoms with E-state index in [4.69, 9.17) is 18.8 Å². The maximum atomic E-state index is 12.9. The van der Waals surface area contributed by atoms with Gasteiger partial charge in [0, 0.05) is 11.5 Å². The zero-order valence-electron chi connectivity index (χ0n) is 21.6. The highest BCUT2D eigenvalue weighted by molar-refractivity contribution is 6.63. The topological polar surface area (TPSA) is 86.3 Å². The van der Waals surface area contributed by atoms with E-state index in [0.717, 1.165) is 11.7 Å². The lowest BCUT2D eigenvalue weighted by atomic mass is 9.78. The van der Waals surface area contributed by atoms with Crippen LogP contribution in [0.5, 0.6) is 5.75 Å². The second-order valence-corrected chi connectivity index (χ2v) is 10.8. The minimum atomic E-state index is -0.708. The van der Waals surface area contributed by atoms with Crippen molar-refractivity contribution in [3.05, 3.63) is 18.2 Å². The minimum Gasteiger partial charge on any atom is -0.497 e. The standard InChI is InChI=1S/C24H39BN2O6/c1-16(2)13-18(15-28)27(21(29)31-22(3,4)5)26-17-11-12-19(20(14-17)30-10)25-32-23(6,7)24(8,9)33-25/h11-12,14-16,18,26H,13H2,1-10H3/t18-/m1/s1. The molecule has 0 aliphatic carbocycles. The van der Waals surface area contributed by atoms with Crippen LogP contribution in [0, 0.1) is 5.92 Å². The first kappa shape index (κ1) is 27.0. The zero-order valence-corrected chi connectivity index (χ0v) is 21.6. The molecule has 1 amide bonds. The number of carbonyl (C=O) groups excluding carboxylic acids is 2. The molecule has 1 aromatic rings. The summed E-state index contributed by atoms with van der Waals surface area (Å²) in [5, 5.41) is 1.24. The lowest BCUT2D eigenvalue weighted by molar-refractivity contribution is -0.112. The summed E-state index contributed by atoms with van der Waals surface area (Å²) in [6.07, 6.45) is 0.612. The molecule has 2 rings (SSSR count). The largest absolute Gasteiger partial charge is 0.498 e. The molecule has 184 valence electrons. The second kappa shape index (κ2) is 9.93. The number of aldehydes is 1. The summed E-state index contributed by atoms with van der Waals surface area (Å²) in [4.78, 5) is 24.8. The Morgan fingerprint density at radius 1 is 1.18 bits per heavy atom. The summed E-state index contributed by atoms with van der Waals surface area (Å²) in [5.41, 5.74) is 2.67. The predicted octanol–water partition coefficient (Wildman–Crippen LogP) is 4.17. The molecule has 0 aromatic heterocycles. The number of amides is 1. The SMILES string of the molecule is COc1cc(NN(C(=O)OC(C)(C)C)[C@@H](C=O)CC(C)C)ccc1B1OC(C)(C)C(C)(C)O1. The van der Waals surface area contributed by atoms with Crippen LogP contribution in [-0.4, -0.2) is 54.5 Å². The molecule has 0 radical (unpaired) electrons. The summed E-state index contributed by atoms with van der Waals surface area (Å²) in [7, 11) is 0.969. The van der Waals surface area contributed by atoms with Crippen LogP contribution >= 0.6 is 0 Å². The molecular weight excluding hydrogens is 423 g/mol. The normalized spacial score (nSPS) is 18.1. The Bertz CT molecular complexity index is 834. The van der Waals surface area contributed by atoms with Gasteiger partial charge in [-0.15, -0.1) is 0 Å². The number of hydrogen-bond donors (Lipinski definition) is 1. The van der Waals surface area contributed by atoms with Crippen LogP contribution < -0.4 is 15.6 Å². The average Bonchev–Trinajstić information content (AvgIpc) is 2.89. The summed E-state index contributed by atoms with van der Waals surface area (Å²) in [6, 6.07) is 4.66. The van der Waals surface area contributed by atoms with Gasteiger partial charge in [0.05, 0.1) is 24.0 Å². The number of carbonyl (C=O) groups is 2. The van der Waals surface area contributed by atoms with Gasteiger partial charge in [0.15, 0.2) is 0 Å². The summed E-state index contributed by atoms with van der Waals surface area (Å²) < 4.78 is 23.4. The highest BCUT2D eigenvalue weighted by Crippen LogP contribution is 2.37. The van der Waals surface area contributed by atoms with Crippen LogP contribution in [0.1, 0.15) is 68.7 Å². The number of benzene rings is 1. The van der Waals surface area contributed by atoms with Crippen LogP contribution in [0.25, 0.3) is 0 Å². The van der Waals surface area contributed by atoms with Gasteiger partial charge in [0.2, 0.25) is 0 Å². The van der Waals surface area contributed by atoms with E-state index >= 15 is 0 Å². The van der Waals surface area contributed by atoms with Crippen LogP contribution in [-0.2, 0) is 18.8 Å². The molecular formula is C24H39BN2O6. The highest BCUT2D eigenvalue weighted by Gasteiger charge is 2.52. The number of nitrogens with one attached hydrogen (secondary N) is 1. The van der Waals surface area contributed by atoms with Crippen molar-refractivity contribution in [2.24, 2.45) is 5.92 Å². The molecule has 1 atom stereocenters. The Balaban J connectivity index is 2.34. The number of nitrogens with zero attached hydrogens (tertiary/aromatic N) is 1. The van der Waals surface area contributed by atoms with Crippen molar-refractivity contribution in [1.82, 2.24) is 5.01 Å². The Kier molecular flexibility index (Phi) is 8.12. The predicted molar refractivity (Wildman–Crippen MR) is 130 cm³/mol. The molecule has 1 fully saturated rings. The monoisotopic (exact) mass is 462 g/mol. The Morgan fingerprint density at radius 3 is 2.21 bits per heavy atom. The summed E-state index contributed by atoms with van der Waals surface area (Å²) >= 11 is 0. The maximum Gasteiger partial charge on any atom is 0.498 e. The average molecular weight is 462 g/mol. The number of hydrazine groups is 1. The van der Waals surface area contributed by atoms with E-state index in [2.05, 4.69) is 5.43 Å². The fourth-order valence-corrected chi connectivity index (χ4v) is 3.36. The minimum absolute atomic E-state index is 0.201. The molecule has 1 heterocycles. The van der Waals surface area contributed by atoms with Gasteiger partial charge in [-0.1, -0.05) is 19.9 Å². The van der Waals surface area contributed by atoms with Gasteiger partial charge in [-0.05, 0) is 66.9 Å². The van der Waals surface area contributed by atoms with Gasteiger partial charge >= 0.3 is 13.2 Å². The van der Waals surface area contributed by atoms with Crippen LogP contribution in [0.3, 0.4) is 0 Å². The zero-order chi connectivity index (χ0) is 25.2. The first-order valence-corrected chi connectivity index (χ1v) is 11.4. The number of hydrogen-bond acceptors (Lipinski definition) is 7. The van der Waals surface area contributed by atoms with E-state index in [9.17, 15) is 9.59 Å². The maximum absolute atomic E-state index is 12.9. The molecule has 33 heavy (non-hydrogen) atoms. The highest BCUT2D eigenvalue weighted by atomic mass is 16.7. The molecule has 1 saturated heterocycles. The quantitative estimate of drug-likeness (QED) is 0.353. The number of ether oxygens (including phenoxy) is 2. The molecule has 1 aliphatic rings. The van der Waals surface area contributed by atoms with Gasteiger partial charge in [-0.3, -0.25) is 5.43 Å². The van der Waals surface area contributed by atoms with Crippen LogP contribution in [0.2, 0.25) is 0 Å². The van der Waals surface area contributed by atoms with Crippen molar-refractivity contribution >= 4 is 30.6 Å². The van der Waals surface area contributed by atoms with E-state index in [0.29, 0.717) is 17.9 Å². The van der Waals surface area contributed by atoms with Gasteiger partial charge < -0.3 is 23.6 Å². The van der Waals surface area contributed by atoms with E-state index in [1.54, 1.807) is 40.0 Å². The Hall–Kier alpha value is -2.26.